The van der Waals surface area contributed by atoms with Crippen molar-refractivity contribution in [2.75, 3.05) is 0 Å². The lowest BCUT2D eigenvalue weighted by Crippen LogP contribution is -2.07. The van der Waals surface area contributed by atoms with Gasteiger partial charge in [-0.25, -0.2) is 0 Å². The molecular formula is C20H17F3N4. The number of fused-ring (bicyclic) bond motifs is 1. The summed E-state index contributed by atoms with van der Waals surface area (Å²) in [5, 5.41) is 4.62. The molecule has 0 aliphatic heterocycles. The van der Waals surface area contributed by atoms with E-state index in [0.29, 0.717) is 17.8 Å². The third-order valence-electron chi connectivity index (χ3n) is 4.62. The number of aromatic amines is 1. The number of hydrogen-bond acceptors (Lipinski definition) is 2. The second kappa shape index (κ2) is 6.26. The zero-order valence-electron chi connectivity index (χ0n) is 14.8. The van der Waals surface area contributed by atoms with Crippen LogP contribution in [0.2, 0.25) is 0 Å². The Hall–Kier alpha value is -3.09. The molecule has 0 aliphatic carbocycles. The van der Waals surface area contributed by atoms with Crippen molar-refractivity contribution in [3.8, 4) is 22.5 Å². The number of alkyl halides is 3. The predicted molar refractivity (Wildman–Crippen MR) is 98.2 cm³/mol. The lowest BCUT2D eigenvalue weighted by atomic mass is 10.1. The van der Waals surface area contributed by atoms with Gasteiger partial charge in [0.15, 0.2) is 5.69 Å². The van der Waals surface area contributed by atoms with E-state index in [0.717, 1.165) is 33.8 Å². The summed E-state index contributed by atoms with van der Waals surface area (Å²) in [5.41, 5.74) is 4.19. The van der Waals surface area contributed by atoms with Crippen LogP contribution in [0.15, 0.2) is 48.8 Å². The molecule has 138 valence electrons. The average Bonchev–Trinajstić information content (AvgIpc) is 3.25. The topological polar surface area (TPSA) is 46.5 Å². The van der Waals surface area contributed by atoms with Gasteiger partial charge in [-0.1, -0.05) is 6.07 Å². The van der Waals surface area contributed by atoms with E-state index < -0.39 is 11.9 Å². The second-order valence-electron chi connectivity index (χ2n) is 6.40. The van der Waals surface area contributed by atoms with Crippen LogP contribution in [0.1, 0.15) is 18.2 Å². The van der Waals surface area contributed by atoms with Crippen molar-refractivity contribution >= 4 is 10.9 Å². The number of rotatable bonds is 3. The van der Waals surface area contributed by atoms with E-state index in [2.05, 4.69) is 15.1 Å². The minimum Gasteiger partial charge on any atom is -0.354 e. The molecule has 3 aromatic heterocycles. The molecule has 0 amide bonds. The summed E-state index contributed by atoms with van der Waals surface area (Å²) in [6, 6.07) is 10.6. The summed E-state index contributed by atoms with van der Waals surface area (Å²) in [6.45, 7) is 4.14. The smallest absolute Gasteiger partial charge is 0.354 e. The average molecular weight is 370 g/mol. The predicted octanol–water partition coefficient (Wildman–Crippen LogP) is 5.44. The third kappa shape index (κ3) is 3.09. The first-order valence-corrected chi connectivity index (χ1v) is 8.56. The number of H-pyrrole nitrogens is 1. The van der Waals surface area contributed by atoms with Crippen LogP contribution in [-0.4, -0.2) is 19.7 Å². The molecule has 0 unspecified atom stereocenters. The molecule has 4 aromatic rings. The van der Waals surface area contributed by atoms with Gasteiger partial charge in [-0.05, 0) is 49.7 Å². The van der Waals surface area contributed by atoms with Crippen LogP contribution in [0.3, 0.4) is 0 Å². The van der Waals surface area contributed by atoms with Gasteiger partial charge in [0.1, 0.15) is 0 Å². The molecule has 0 saturated heterocycles. The molecular weight excluding hydrogens is 353 g/mol. The van der Waals surface area contributed by atoms with Crippen molar-refractivity contribution in [3.63, 3.8) is 0 Å². The molecule has 0 saturated carbocycles. The van der Waals surface area contributed by atoms with Crippen LogP contribution in [-0.2, 0) is 12.7 Å². The summed E-state index contributed by atoms with van der Waals surface area (Å²) in [7, 11) is 0. The van der Waals surface area contributed by atoms with Crippen LogP contribution in [0, 0.1) is 6.92 Å². The fraction of sp³-hybridized carbons (Fsp3) is 0.200. The summed E-state index contributed by atoms with van der Waals surface area (Å²) >= 11 is 0. The van der Waals surface area contributed by atoms with E-state index in [1.165, 1.54) is 4.68 Å². The maximum Gasteiger partial charge on any atom is 0.435 e. The molecule has 4 rings (SSSR count). The number of benzene rings is 1. The zero-order chi connectivity index (χ0) is 19.2. The number of hydrogen-bond donors (Lipinski definition) is 1. The molecule has 0 atom stereocenters. The number of aryl methyl sites for hydroxylation is 2. The van der Waals surface area contributed by atoms with E-state index in [-0.39, 0.29) is 0 Å². The number of nitrogens with zero attached hydrogens (tertiary/aromatic N) is 3. The normalized spacial score (nSPS) is 12.0. The van der Waals surface area contributed by atoms with Gasteiger partial charge < -0.3 is 4.98 Å². The minimum atomic E-state index is -4.46. The van der Waals surface area contributed by atoms with Gasteiger partial charge in [0.05, 0.1) is 5.69 Å². The second-order valence-corrected chi connectivity index (χ2v) is 6.40. The molecule has 0 spiro atoms. The lowest BCUT2D eigenvalue weighted by molar-refractivity contribution is -0.141. The molecule has 0 fully saturated rings. The summed E-state index contributed by atoms with van der Waals surface area (Å²) in [6.07, 6.45) is -0.926. The summed E-state index contributed by atoms with van der Waals surface area (Å²) in [5.74, 6) is 0. The number of pyridine rings is 1. The first-order chi connectivity index (χ1) is 12.9. The van der Waals surface area contributed by atoms with E-state index in [4.69, 9.17) is 0 Å². The number of aromatic nitrogens is 4. The van der Waals surface area contributed by atoms with Gasteiger partial charge >= 0.3 is 6.18 Å². The molecule has 7 heteroatoms. The Morgan fingerprint density at radius 1 is 1.11 bits per heavy atom. The Morgan fingerprint density at radius 2 is 1.93 bits per heavy atom. The van der Waals surface area contributed by atoms with Crippen molar-refractivity contribution in [1.82, 2.24) is 19.7 Å². The molecule has 27 heavy (non-hydrogen) atoms. The largest absolute Gasteiger partial charge is 0.435 e. The maximum absolute atomic E-state index is 13.0. The Kier molecular flexibility index (Phi) is 4.02. The zero-order valence-corrected chi connectivity index (χ0v) is 14.8. The first-order valence-electron chi connectivity index (χ1n) is 8.56. The van der Waals surface area contributed by atoms with Gasteiger partial charge in [0.2, 0.25) is 0 Å². The Balaban J connectivity index is 1.81. The SMILES string of the molecule is CCn1nc(C(F)(F)F)cc1-c1ccc2[nH]c(-c3cnccc3C)cc2c1. The van der Waals surface area contributed by atoms with Crippen LogP contribution in [0.5, 0.6) is 0 Å². The van der Waals surface area contributed by atoms with Crippen LogP contribution in [0.4, 0.5) is 13.2 Å². The standard InChI is InChI=1S/C20H17F3N4/c1-3-27-18(10-19(26-27)20(21,22)23)13-4-5-16-14(8-13)9-17(25-16)15-11-24-7-6-12(15)2/h4-11,25H,3H2,1-2H3. The van der Waals surface area contributed by atoms with Crippen molar-refractivity contribution < 1.29 is 13.2 Å². The van der Waals surface area contributed by atoms with Gasteiger partial charge in [0, 0.05) is 46.7 Å². The van der Waals surface area contributed by atoms with Crippen molar-refractivity contribution in [2.24, 2.45) is 0 Å². The van der Waals surface area contributed by atoms with E-state index >= 15 is 0 Å². The fourth-order valence-electron chi connectivity index (χ4n) is 3.21. The monoisotopic (exact) mass is 370 g/mol. The van der Waals surface area contributed by atoms with Crippen LogP contribution >= 0.6 is 0 Å². The summed E-state index contributed by atoms with van der Waals surface area (Å²) < 4.78 is 40.5. The van der Waals surface area contributed by atoms with E-state index in [1.807, 2.05) is 37.3 Å². The highest BCUT2D eigenvalue weighted by Crippen LogP contribution is 2.34. The van der Waals surface area contributed by atoms with Gasteiger partial charge in [-0.15, -0.1) is 0 Å². The van der Waals surface area contributed by atoms with Crippen LogP contribution < -0.4 is 0 Å². The quantitative estimate of drug-likeness (QED) is 0.522. The Morgan fingerprint density at radius 3 is 2.63 bits per heavy atom. The number of nitrogens with one attached hydrogen (secondary N) is 1. The number of halogens is 3. The third-order valence-corrected chi connectivity index (χ3v) is 4.62. The molecule has 1 aromatic carbocycles. The summed E-state index contributed by atoms with van der Waals surface area (Å²) in [4.78, 5) is 7.51. The maximum atomic E-state index is 13.0. The molecule has 3 heterocycles. The highest BCUT2D eigenvalue weighted by Gasteiger charge is 2.34. The Bertz CT molecular complexity index is 1120. The molecule has 0 bridgehead atoms. The van der Waals surface area contributed by atoms with Crippen molar-refractivity contribution in [2.45, 2.75) is 26.6 Å². The van der Waals surface area contributed by atoms with Crippen LogP contribution in [0.25, 0.3) is 33.4 Å². The first kappa shape index (κ1) is 17.3. The van der Waals surface area contributed by atoms with Crippen molar-refractivity contribution in [1.29, 1.82) is 0 Å². The lowest BCUT2D eigenvalue weighted by Gasteiger charge is -2.04. The van der Waals surface area contributed by atoms with Gasteiger partial charge in [-0.3, -0.25) is 9.67 Å². The molecule has 1 N–H and O–H groups in total. The van der Waals surface area contributed by atoms with Crippen molar-refractivity contribution in [3.05, 3.63) is 60.0 Å². The Labute approximate surface area is 153 Å². The van der Waals surface area contributed by atoms with E-state index in [1.54, 1.807) is 19.3 Å². The minimum absolute atomic E-state index is 0.358. The van der Waals surface area contributed by atoms with Gasteiger partial charge in [-0.2, -0.15) is 18.3 Å². The molecule has 0 aliphatic rings. The molecule has 0 radical (unpaired) electrons. The van der Waals surface area contributed by atoms with E-state index in [9.17, 15) is 13.2 Å². The fourth-order valence-corrected chi connectivity index (χ4v) is 3.21. The highest BCUT2D eigenvalue weighted by atomic mass is 19.4. The van der Waals surface area contributed by atoms with Gasteiger partial charge in [0.25, 0.3) is 0 Å². The highest BCUT2D eigenvalue weighted by molar-refractivity contribution is 5.89. The molecule has 4 nitrogen and oxygen atoms in total.